The van der Waals surface area contributed by atoms with Gasteiger partial charge in [0, 0.05) is 6.07 Å². The summed E-state index contributed by atoms with van der Waals surface area (Å²) >= 11 is 7.84. The zero-order valence-corrected chi connectivity index (χ0v) is 9.63. The SMILES string of the molecule is Fc1cc2nc(Br)sc2cc1Br. The van der Waals surface area contributed by atoms with Crippen LogP contribution in [-0.2, 0) is 0 Å². The molecule has 2 rings (SSSR count). The predicted octanol–water partition coefficient (Wildman–Crippen LogP) is 3.96. The molecule has 0 unspecified atom stereocenters. The lowest BCUT2D eigenvalue weighted by Crippen LogP contribution is -1.76. The molecule has 0 N–H and O–H groups in total. The number of nitrogens with zero attached hydrogens (tertiary/aromatic N) is 1. The lowest BCUT2D eigenvalue weighted by molar-refractivity contribution is 0.623. The highest BCUT2D eigenvalue weighted by molar-refractivity contribution is 9.11. The third-order valence-corrected chi connectivity index (χ3v) is 3.48. The van der Waals surface area contributed by atoms with Crippen LogP contribution < -0.4 is 0 Å². The summed E-state index contributed by atoms with van der Waals surface area (Å²) in [5.41, 5.74) is 0.688. The number of rotatable bonds is 0. The molecule has 0 bridgehead atoms. The van der Waals surface area contributed by atoms with Crippen molar-refractivity contribution in [2.75, 3.05) is 0 Å². The van der Waals surface area contributed by atoms with Gasteiger partial charge in [-0.3, -0.25) is 0 Å². The van der Waals surface area contributed by atoms with Crippen LogP contribution in [-0.4, -0.2) is 4.98 Å². The molecule has 5 heteroatoms. The first kappa shape index (κ1) is 8.59. The second-order valence-corrected chi connectivity index (χ2v) is 5.36. The van der Waals surface area contributed by atoms with E-state index in [9.17, 15) is 4.39 Å². The summed E-state index contributed by atoms with van der Waals surface area (Å²) in [7, 11) is 0. The molecule has 0 saturated carbocycles. The summed E-state index contributed by atoms with van der Waals surface area (Å²) in [6.07, 6.45) is 0. The number of hydrogen-bond donors (Lipinski definition) is 0. The van der Waals surface area contributed by atoms with Gasteiger partial charge in [-0.1, -0.05) is 0 Å². The van der Waals surface area contributed by atoms with Crippen LogP contribution in [0.2, 0.25) is 0 Å². The third kappa shape index (κ3) is 1.41. The van der Waals surface area contributed by atoms with Gasteiger partial charge in [-0.05, 0) is 37.9 Å². The molecule has 1 aromatic heterocycles. The van der Waals surface area contributed by atoms with Crippen LogP contribution in [0.1, 0.15) is 0 Å². The summed E-state index contributed by atoms with van der Waals surface area (Å²) in [6.45, 7) is 0. The van der Waals surface area contributed by atoms with E-state index in [4.69, 9.17) is 0 Å². The van der Waals surface area contributed by atoms with E-state index in [1.165, 1.54) is 17.4 Å². The van der Waals surface area contributed by atoms with Crippen LogP contribution in [0.5, 0.6) is 0 Å². The number of fused-ring (bicyclic) bond motifs is 1. The molecule has 0 atom stereocenters. The van der Waals surface area contributed by atoms with Gasteiger partial charge in [0.05, 0.1) is 14.7 Å². The van der Waals surface area contributed by atoms with Crippen LogP contribution in [0.25, 0.3) is 10.2 Å². The number of benzene rings is 1. The molecule has 2 aromatic rings. The molecule has 1 aromatic carbocycles. The first-order chi connectivity index (χ1) is 5.66. The van der Waals surface area contributed by atoms with Crippen LogP contribution in [0.15, 0.2) is 20.5 Å². The highest BCUT2D eigenvalue weighted by Gasteiger charge is 2.05. The lowest BCUT2D eigenvalue weighted by Gasteiger charge is -1.91. The van der Waals surface area contributed by atoms with E-state index in [-0.39, 0.29) is 5.82 Å². The Hall–Kier alpha value is -0.000000000000000111. The van der Waals surface area contributed by atoms with Gasteiger partial charge in [-0.15, -0.1) is 11.3 Å². The molecule has 0 aliphatic heterocycles. The van der Waals surface area contributed by atoms with Crippen molar-refractivity contribution in [3.63, 3.8) is 0 Å². The normalized spacial score (nSPS) is 10.9. The fourth-order valence-electron chi connectivity index (χ4n) is 0.895. The van der Waals surface area contributed by atoms with Gasteiger partial charge >= 0.3 is 0 Å². The Balaban J connectivity index is 2.83. The highest BCUT2D eigenvalue weighted by Crippen LogP contribution is 2.29. The van der Waals surface area contributed by atoms with Crippen LogP contribution in [0.4, 0.5) is 4.39 Å². The van der Waals surface area contributed by atoms with Crippen molar-refractivity contribution in [2.45, 2.75) is 0 Å². The van der Waals surface area contributed by atoms with Gasteiger partial charge in [-0.25, -0.2) is 9.37 Å². The molecule has 1 nitrogen and oxygen atoms in total. The highest BCUT2D eigenvalue weighted by atomic mass is 79.9. The summed E-state index contributed by atoms with van der Waals surface area (Å²) < 4.78 is 15.2. The average Bonchev–Trinajstić information content (AvgIpc) is 2.30. The maximum Gasteiger partial charge on any atom is 0.160 e. The number of halogens is 3. The summed E-state index contributed by atoms with van der Waals surface area (Å²) in [6, 6.07) is 3.15. The van der Waals surface area contributed by atoms with Gasteiger partial charge in [-0.2, -0.15) is 0 Å². The minimum Gasteiger partial charge on any atom is -0.229 e. The molecule has 0 amide bonds. The minimum absolute atomic E-state index is 0.277. The second-order valence-electron chi connectivity index (χ2n) is 2.20. The van der Waals surface area contributed by atoms with Crippen LogP contribution in [0.3, 0.4) is 0 Å². The molecular formula is C7H2Br2FNS. The topological polar surface area (TPSA) is 12.9 Å². The van der Waals surface area contributed by atoms with E-state index < -0.39 is 0 Å². The Labute approximate surface area is 88.9 Å². The van der Waals surface area contributed by atoms with Gasteiger partial charge in [0.1, 0.15) is 5.82 Å². The Morgan fingerprint density at radius 2 is 2.08 bits per heavy atom. The summed E-state index contributed by atoms with van der Waals surface area (Å²) in [5, 5.41) is 0. The molecule has 0 spiro atoms. The van der Waals surface area contributed by atoms with Crippen LogP contribution in [0, 0.1) is 5.82 Å². The molecule has 0 aliphatic rings. The zero-order valence-electron chi connectivity index (χ0n) is 5.64. The van der Waals surface area contributed by atoms with Crippen molar-refractivity contribution in [1.82, 2.24) is 4.98 Å². The van der Waals surface area contributed by atoms with Crippen molar-refractivity contribution in [1.29, 1.82) is 0 Å². The van der Waals surface area contributed by atoms with Crippen LogP contribution >= 0.6 is 43.2 Å². The summed E-state index contributed by atoms with van der Waals surface area (Å²) in [5.74, 6) is -0.277. The van der Waals surface area contributed by atoms with E-state index >= 15 is 0 Å². The largest absolute Gasteiger partial charge is 0.229 e. The Bertz CT molecular complexity index is 401. The van der Waals surface area contributed by atoms with Gasteiger partial charge in [0.15, 0.2) is 3.92 Å². The lowest BCUT2D eigenvalue weighted by atomic mass is 10.3. The van der Waals surface area contributed by atoms with E-state index in [0.29, 0.717) is 9.99 Å². The molecule has 12 heavy (non-hydrogen) atoms. The number of thiazole rings is 1. The quantitative estimate of drug-likeness (QED) is 0.718. The van der Waals surface area contributed by atoms with Crippen molar-refractivity contribution in [3.8, 4) is 0 Å². The van der Waals surface area contributed by atoms with Gasteiger partial charge < -0.3 is 0 Å². The molecule has 0 radical (unpaired) electrons. The number of hydrogen-bond acceptors (Lipinski definition) is 2. The fourth-order valence-corrected chi connectivity index (χ4v) is 2.82. The first-order valence-corrected chi connectivity index (χ1v) is 5.48. The van der Waals surface area contributed by atoms with E-state index in [0.717, 1.165) is 8.62 Å². The first-order valence-electron chi connectivity index (χ1n) is 3.08. The zero-order chi connectivity index (χ0) is 8.72. The molecule has 62 valence electrons. The van der Waals surface area contributed by atoms with Crippen molar-refractivity contribution in [3.05, 3.63) is 26.3 Å². The van der Waals surface area contributed by atoms with Gasteiger partial charge in [0.2, 0.25) is 0 Å². The summed E-state index contributed by atoms with van der Waals surface area (Å²) in [4.78, 5) is 4.09. The standard InChI is InChI=1S/C7H2Br2FNS/c8-3-1-6-5(2-4(3)10)11-7(9)12-6/h1-2H. The van der Waals surface area contributed by atoms with E-state index in [1.54, 1.807) is 6.07 Å². The Kier molecular flexibility index (Phi) is 2.18. The molecule has 0 fully saturated rings. The van der Waals surface area contributed by atoms with Crippen molar-refractivity contribution in [2.24, 2.45) is 0 Å². The Morgan fingerprint density at radius 3 is 2.83 bits per heavy atom. The predicted molar refractivity (Wildman–Crippen MR) is 55.0 cm³/mol. The van der Waals surface area contributed by atoms with E-state index in [2.05, 4.69) is 36.8 Å². The Morgan fingerprint density at radius 1 is 1.33 bits per heavy atom. The molecule has 1 heterocycles. The maximum absolute atomic E-state index is 13.0. The second kappa shape index (κ2) is 3.05. The molecule has 0 aliphatic carbocycles. The average molecular weight is 311 g/mol. The third-order valence-electron chi connectivity index (χ3n) is 1.40. The van der Waals surface area contributed by atoms with E-state index in [1.807, 2.05) is 0 Å². The van der Waals surface area contributed by atoms with Crippen molar-refractivity contribution >= 4 is 53.4 Å². The fraction of sp³-hybridized carbons (Fsp3) is 0. The smallest absolute Gasteiger partial charge is 0.160 e. The number of aromatic nitrogens is 1. The van der Waals surface area contributed by atoms with Gasteiger partial charge in [0.25, 0.3) is 0 Å². The maximum atomic E-state index is 13.0. The monoisotopic (exact) mass is 309 g/mol. The molecular weight excluding hydrogens is 309 g/mol. The van der Waals surface area contributed by atoms with Crippen molar-refractivity contribution < 1.29 is 4.39 Å². The molecule has 0 saturated heterocycles. The minimum atomic E-state index is -0.277.